The summed E-state index contributed by atoms with van der Waals surface area (Å²) in [6.07, 6.45) is 0. The molecular weight excluding hydrogens is 471 g/mol. The van der Waals surface area contributed by atoms with Crippen molar-refractivity contribution in [2.24, 2.45) is 0 Å². The van der Waals surface area contributed by atoms with Gasteiger partial charge >= 0.3 is 0 Å². The van der Waals surface area contributed by atoms with Crippen molar-refractivity contribution in [1.29, 1.82) is 0 Å². The molecule has 0 radical (unpaired) electrons. The van der Waals surface area contributed by atoms with Crippen molar-refractivity contribution >= 4 is 36.2 Å². The summed E-state index contributed by atoms with van der Waals surface area (Å²) in [7, 11) is -0.677. The van der Waals surface area contributed by atoms with E-state index in [4.69, 9.17) is 9.47 Å². The molecule has 0 aliphatic rings. The van der Waals surface area contributed by atoms with Gasteiger partial charge in [0.25, 0.3) is 0 Å². The van der Waals surface area contributed by atoms with Gasteiger partial charge in [0, 0.05) is 10.6 Å². The third-order valence-electron chi connectivity index (χ3n) is 6.58. The molecule has 0 atom stereocenters. The zero-order valence-electron chi connectivity index (χ0n) is 20.7. The van der Waals surface area contributed by atoms with Crippen molar-refractivity contribution in [1.82, 2.24) is 0 Å². The number of hydrogen-bond donors (Lipinski definition) is 2. The van der Waals surface area contributed by atoms with Crippen LogP contribution in [0.5, 0.6) is 23.0 Å². The Bertz CT molecular complexity index is 1230. The largest absolute Gasteiger partial charge is 0.507 e. The second kappa shape index (κ2) is 10.1. The molecule has 35 heavy (non-hydrogen) atoms. The van der Waals surface area contributed by atoms with E-state index >= 15 is 0 Å². The molecule has 0 unspecified atom stereocenters. The predicted octanol–water partition coefficient (Wildman–Crippen LogP) is 4.55. The maximum absolute atomic E-state index is 11.5. The summed E-state index contributed by atoms with van der Waals surface area (Å²) < 4.78 is 11.3. The van der Waals surface area contributed by atoms with E-state index in [0.717, 1.165) is 21.7 Å². The van der Waals surface area contributed by atoms with Crippen LogP contribution >= 0.6 is 7.47 Å². The molecule has 0 bridgehead atoms. The predicted molar refractivity (Wildman–Crippen MR) is 149 cm³/mol. The van der Waals surface area contributed by atoms with Gasteiger partial charge in [0.15, 0.2) is 0 Å². The standard InChI is InChI=1S/C29H31O4PSi/c1-20-16-22(32-3)18-26(28(20)30)34(27-19-23(33-4)17-21(2)29(27)31)35(5,24-12-8-6-9-13-24)25-14-10-7-11-15-25/h6-19,30-31H,1-5H3. The molecule has 0 aromatic heterocycles. The van der Waals surface area contributed by atoms with Gasteiger partial charge in [-0.25, -0.2) is 0 Å². The maximum Gasteiger partial charge on any atom is 0.150 e. The molecule has 0 aliphatic carbocycles. The van der Waals surface area contributed by atoms with Crippen molar-refractivity contribution < 1.29 is 19.7 Å². The minimum atomic E-state index is -2.66. The van der Waals surface area contributed by atoms with E-state index in [1.165, 1.54) is 10.4 Å². The fourth-order valence-corrected chi connectivity index (χ4v) is 16.0. The molecule has 2 N–H and O–H groups in total. The highest BCUT2D eigenvalue weighted by atomic mass is 31.4. The Balaban J connectivity index is 2.17. The number of methoxy groups -OCH3 is 2. The van der Waals surface area contributed by atoms with E-state index in [-0.39, 0.29) is 11.5 Å². The van der Waals surface area contributed by atoms with Crippen molar-refractivity contribution in [2.75, 3.05) is 14.2 Å². The van der Waals surface area contributed by atoms with Crippen LogP contribution < -0.4 is 30.5 Å². The van der Waals surface area contributed by atoms with E-state index in [9.17, 15) is 10.2 Å². The molecule has 0 saturated carbocycles. The molecule has 180 valence electrons. The number of aromatic hydroxyl groups is 2. The van der Waals surface area contributed by atoms with Crippen LogP contribution in [0.3, 0.4) is 0 Å². The number of rotatable bonds is 7. The highest BCUT2D eigenvalue weighted by molar-refractivity contribution is 8.08. The van der Waals surface area contributed by atoms with Crippen LogP contribution in [0, 0.1) is 13.8 Å². The Labute approximate surface area is 209 Å². The second-order valence-corrected chi connectivity index (χ2v) is 17.7. The molecule has 4 nitrogen and oxygen atoms in total. The number of aryl methyl sites for hydroxylation is 2. The average molecular weight is 503 g/mol. The topological polar surface area (TPSA) is 58.9 Å². The smallest absolute Gasteiger partial charge is 0.150 e. The van der Waals surface area contributed by atoms with Crippen LogP contribution in [0.15, 0.2) is 84.9 Å². The summed E-state index contributed by atoms with van der Waals surface area (Å²) in [5.74, 6) is 1.84. The fraction of sp³-hybridized carbons (Fsp3) is 0.172. The van der Waals surface area contributed by atoms with Gasteiger partial charge in [-0.3, -0.25) is 0 Å². The van der Waals surface area contributed by atoms with Crippen molar-refractivity contribution in [3.8, 4) is 23.0 Å². The van der Waals surface area contributed by atoms with Gasteiger partial charge in [-0.15, -0.1) is 0 Å². The lowest BCUT2D eigenvalue weighted by Gasteiger charge is -2.39. The third-order valence-corrected chi connectivity index (χ3v) is 17.7. The number of phenols is 2. The van der Waals surface area contributed by atoms with Crippen molar-refractivity contribution in [2.45, 2.75) is 20.4 Å². The maximum atomic E-state index is 11.5. The highest BCUT2D eigenvalue weighted by Crippen LogP contribution is 2.50. The molecule has 6 heteroatoms. The average Bonchev–Trinajstić information content (AvgIpc) is 2.89. The molecule has 0 fully saturated rings. The Morgan fingerprint density at radius 1 is 0.629 bits per heavy atom. The van der Waals surface area contributed by atoms with Crippen LogP contribution in [0.1, 0.15) is 11.1 Å². The molecule has 0 aliphatic heterocycles. The van der Waals surface area contributed by atoms with E-state index in [0.29, 0.717) is 11.5 Å². The summed E-state index contributed by atoms with van der Waals surface area (Å²) in [5, 5.41) is 27.0. The normalized spacial score (nSPS) is 11.5. The summed E-state index contributed by atoms with van der Waals surface area (Å²) in [6.45, 7) is 6.09. The molecule has 0 saturated heterocycles. The molecule has 0 heterocycles. The SMILES string of the molecule is COc1cc(C)c(O)c(P(c2cc(OC)cc(C)c2O)[Si](C)(c2ccccc2)c2ccccc2)c1. The first-order chi connectivity index (χ1) is 16.8. The number of ether oxygens (including phenoxy) is 2. The molecule has 0 spiro atoms. The Kier molecular flexibility index (Phi) is 7.20. The van der Waals surface area contributed by atoms with E-state index in [2.05, 4.69) is 55.1 Å². The van der Waals surface area contributed by atoms with Crippen molar-refractivity contribution in [3.63, 3.8) is 0 Å². The summed E-state index contributed by atoms with van der Waals surface area (Å²) in [5.41, 5.74) is 1.48. The monoisotopic (exact) mass is 502 g/mol. The number of hydrogen-bond acceptors (Lipinski definition) is 4. The lowest BCUT2D eigenvalue weighted by molar-refractivity contribution is 0.412. The number of benzene rings is 4. The zero-order valence-corrected chi connectivity index (χ0v) is 22.6. The summed E-state index contributed by atoms with van der Waals surface area (Å²) in [6, 6.07) is 28.5. The summed E-state index contributed by atoms with van der Waals surface area (Å²) >= 11 is 0. The first-order valence-corrected chi connectivity index (χ1v) is 16.2. The quantitative estimate of drug-likeness (QED) is 0.288. The van der Waals surface area contributed by atoms with Gasteiger partial charge in [0.1, 0.15) is 30.7 Å². The van der Waals surface area contributed by atoms with Gasteiger partial charge in [0.2, 0.25) is 0 Å². The van der Waals surface area contributed by atoms with E-state index in [1.54, 1.807) is 14.2 Å². The summed E-state index contributed by atoms with van der Waals surface area (Å²) in [4.78, 5) is 0. The van der Waals surface area contributed by atoms with E-state index < -0.39 is 15.2 Å². The first kappa shape index (κ1) is 24.8. The van der Waals surface area contributed by atoms with Gasteiger partial charge in [-0.1, -0.05) is 67.2 Å². The minimum absolute atomic E-state index is 0.238. The van der Waals surface area contributed by atoms with Crippen LogP contribution in [0.2, 0.25) is 6.55 Å². The van der Waals surface area contributed by atoms with Crippen LogP contribution in [-0.2, 0) is 0 Å². The molecule has 4 aromatic carbocycles. The lowest BCUT2D eigenvalue weighted by Crippen LogP contribution is -2.57. The minimum Gasteiger partial charge on any atom is -0.507 e. The molecule has 4 aromatic rings. The lowest BCUT2D eigenvalue weighted by atomic mass is 10.2. The van der Waals surface area contributed by atoms with Gasteiger partial charge in [-0.05, 0) is 67.1 Å². The number of phenolic OH excluding ortho intramolecular Hbond substituents is 2. The van der Waals surface area contributed by atoms with Gasteiger partial charge in [-0.2, -0.15) is 0 Å². The highest BCUT2D eigenvalue weighted by Gasteiger charge is 2.45. The Morgan fingerprint density at radius 2 is 1.00 bits per heavy atom. The fourth-order valence-electron chi connectivity index (χ4n) is 4.60. The third kappa shape index (κ3) is 4.54. The van der Waals surface area contributed by atoms with Crippen LogP contribution in [0.25, 0.3) is 0 Å². The zero-order chi connectivity index (χ0) is 25.2. The van der Waals surface area contributed by atoms with Crippen LogP contribution in [-0.4, -0.2) is 32.2 Å². The molecular formula is C29H31O4PSi. The van der Waals surface area contributed by atoms with E-state index in [1.807, 2.05) is 50.2 Å². The molecule has 0 amide bonds. The molecule has 4 rings (SSSR count). The van der Waals surface area contributed by atoms with Crippen molar-refractivity contribution in [3.05, 3.63) is 96.1 Å². The van der Waals surface area contributed by atoms with Crippen LogP contribution in [0.4, 0.5) is 0 Å². The van der Waals surface area contributed by atoms with Gasteiger partial charge in [0.05, 0.1) is 14.2 Å². The Morgan fingerprint density at radius 3 is 1.34 bits per heavy atom. The first-order valence-electron chi connectivity index (χ1n) is 11.5. The Hall–Kier alpha value is -3.27. The second-order valence-electron chi connectivity index (χ2n) is 8.76. The van der Waals surface area contributed by atoms with Gasteiger partial charge < -0.3 is 19.7 Å².